The van der Waals surface area contributed by atoms with Gasteiger partial charge in [-0.2, -0.15) is 0 Å². The zero-order valence-corrected chi connectivity index (χ0v) is 12.8. The lowest BCUT2D eigenvalue weighted by atomic mass is 10.1. The van der Waals surface area contributed by atoms with Gasteiger partial charge in [0.2, 0.25) is 5.91 Å². The summed E-state index contributed by atoms with van der Waals surface area (Å²) in [7, 11) is 0. The molecule has 0 unspecified atom stereocenters. The Morgan fingerprint density at radius 2 is 2.00 bits per heavy atom. The highest BCUT2D eigenvalue weighted by Gasteiger charge is 2.14. The molecule has 2 aromatic heterocycles. The Labute approximate surface area is 128 Å². The first-order valence-electron chi connectivity index (χ1n) is 7.11. The van der Waals surface area contributed by atoms with Gasteiger partial charge in [-0.05, 0) is 49.6 Å². The van der Waals surface area contributed by atoms with Gasteiger partial charge in [-0.1, -0.05) is 17.3 Å². The van der Waals surface area contributed by atoms with Crippen molar-refractivity contribution in [1.82, 2.24) is 10.1 Å². The van der Waals surface area contributed by atoms with Crippen LogP contribution < -0.4 is 5.32 Å². The van der Waals surface area contributed by atoms with Crippen LogP contribution in [0.25, 0.3) is 11.0 Å². The van der Waals surface area contributed by atoms with Gasteiger partial charge in [-0.25, -0.2) is 4.98 Å². The van der Waals surface area contributed by atoms with Crippen molar-refractivity contribution in [3.63, 3.8) is 0 Å². The van der Waals surface area contributed by atoms with Crippen LogP contribution in [0.2, 0.25) is 0 Å². The molecular weight excluding hydrogens is 278 g/mol. The van der Waals surface area contributed by atoms with E-state index in [1.54, 1.807) is 12.3 Å². The van der Waals surface area contributed by atoms with Crippen LogP contribution in [-0.4, -0.2) is 16.0 Å². The minimum absolute atomic E-state index is 0.158. The van der Waals surface area contributed by atoms with Gasteiger partial charge in [0.25, 0.3) is 0 Å². The summed E-state index contributed by atoms with van der Waals surface area (Å²) >= 11 is 0. The van der Waals surface area contributed by atoms with Crippen LogP contribution in [0.1, 0.15) is 22.4 Å². The predicted octanol–water partition coefficient (Wildman–Crippen LogP) is 3.33. The molecule has 5 heteroatoms. The van der Waals surface area contributed by atoms with Crippen LogP contribution in [0.4, 0.5) is 5.82 Å². The first-order chi connectivity index (χ1) is 10.5. The van der Waals surface area contributed by atoms with Crippen molar-refractivity contribution in [2.24, 2.45) is 0 Å². The molecule has 1 amide bonds. The van der Waals surface area contributed by atoms with Crippen molar-refractivity contribution in [2.75, 3.05) is 5.32 Å². The summed E-state index contributed by atoms with van der Waals surface area (Å²) < 4.78 is 5.36. The van der Waals surface area contributed by atoms with E-state index < -0.39 is 0 Å². The maximum absolute atomic E-state index is 12.1. The lowest BCUT2D eigenvalue weighted by Gasteiger charge is -2.03. The number of fused-ring (bicyclic) bond motifs is 1. The van der Waals surface area contributed by atoms with Crippen molar-refractivity contribution in [3.05, 3.63) is 52.8 Å². The summed E-state index contributed by atoms with van der Waals surface area (Å²) in [5.74, 6) is 0.376. The van der Waals surface area contributed by atoms with Crippen LogP contribution in [0.5, 0.6) is 0 Å². The van der Waals surface area contributed by atoms with Crippen LogP contribution in [0.15, 0.2) is 35.0 Å². The second-order valence-corrected chi connectivity index (χ2v) is 5.53. The molecule has 0 saturated carbocycles. The maximum atomic E-state index is 12.1. The molecule has 22 heavy (non-hydrogen) atoms. The zero-order chi connectivity index (χ0) is 15.7. The molecule has 2 heterocycles. The molecule has 3 rings (SSSR count). The number of nitrogens with one attached hydrogen (secondary N) is 1. The van der Waals surface area contributed by atoms with Gasteiger partial charge in [0, 0.05) is 11.6 Å². The number of rotatable bonds is 3. The molecule has 0 saturated heterocycles. The van der Waals surface area contributed by atoms with E-state index in [1.807, 2.05) is 39.0 Å². The number of anilines is 1. The molecule has 0 aliphatic heterocycles. The fourth-order valence-electron chi connectivity index (χ4n) is 2.45. The minimum Gasteiger partial charge on any atom is -0.356 e. The average molecular weight is 295 g/mol. The highest BCUT2D eigenvalue weighted by molar-refractivity contribution is 5.94. The van der Waals surface area contributed by atoms with Crippen molar-refractivity contribution < 1.29 is 9.32 Å². The summed E-state index contributed by atoms with van der Waals surface area (Å²) in [6.07, 6.45) is 1.87. The van der Waals surface area contributed by atoms with Gasteiger partial charge in [0.1, 0.15) is 11.5 Å². The number of aromatic nitrogens is 2. The predicted molar refractivity (Wildman–Crippen MR) is 84.8 cm³/mol. The highest BCUT2D eigenvalue weighted by Crippen LogP contribution is 2.24. The first-order valence-corrected chi connectivity index (χ1v) is 7.11. The Morgan fingerprint density at radius 1 is 1.18 bits per heavy atom. The maximum Gasteiger partial charge on any atom is 0.231 e. The molecule has 0 aliphatic carbocycles. The SMILES string of the molecule is Cc1ccc(NC(=O)Cc2noc3c(C)cc(C)cc23)nc1. The number of nitrogens with zero attached hydrogens (tertiary/aromatic N) is 2. The van der Waals surface area contributed by atoms with E-state index in [-0.39, 0.29) is 12.3 Å². The molecule has 0 fully saturated rings. The van der Waals surface area contributed by atoms with Crippen molar-refractivity contribution in [3.8, 4) is 0 Å². The van der Waals surface area contributed by atoms with E-state index in [9.17, 15) is 4.79 Å². The molecule has 3 aromatic rings. The van der Waals surface area contributed by atoms with E-state index in [0.717, 1.165) is 27.7 Å². The highest BCUT2D eigenvalue weighted by atomic mass is 16.5. The third-order valence-electron chi connectivity index (χ3n) is 3.48. The molecule has 0 atom stereocenters. The van der Waals surface area contributed by atoms with E-state index in [4.69, 9.17) is 4.52 Å². The Kier molecular flexibility index (Phi) is 3.63. The number of hydrogen-bond donors (Lipinski definition) is 1. The van der Waals surface area contributed by atoms with Gasteiger partial charge in [0.15, 0.2) is 5.58 Å². The van der Waals surface area contributed by atoms with Crippen molar-refractivity contribution in [1.29, 1.82) is 0 Å². The quantitative estimate of drug-likeness (QED) is 0.804. The number of aryl methyl sites for hydroxylation is 3. The summed E-state index contributed by atoms with van der Waals surface area (Å²) in [6.45, 7) is 5.94. The second kappa shape index (κ2) is 5.60. The van der Waals surface area contributed by atoms with Crippen LogP contribution in [0, 0.1) is 20.8 Å². The molecule has 0 aliphatic rings. The summed E-state index contributed by atoms with van der Waals surface area (Å²) in [5.41, 5.74) is 4.57. The van der Waals surface area contributed by atoms with E-state index >= 15 is 0 Å². The smallest absolute Gasteiger partial charge is 0.231 e. The number of pyridine rings is 1. The average Bonchev–Trinajstić information content (AvgIpc) is 2.85. The Bertz CT molecular complexity index is 835. The molecule has 5 nitrogen and oxygen atoms in total. The van der Waals surface area contributed by atoms with Crippen LogP contribution in [0.3, 0.4) is 0 Å². The molecule has 0 bridgehead atoms. The fraction of sp³-hybridized carbons (Fsp3) is 0.235. The molecule has 0 radical (unpaired) electrons. The summed E-state index contributed by atoms with van der Waals surface area (Å²) in [4.78, 5) is 16.3. The van der Waals surface area contributed by atoms with Gasteiger partial charge in [-0.3, -0.25) is 4.79 Å². The summed E-state index contributed by atoms with van der Waals surface area (Å²) in [5, 5.41) is 7.70. The van der Waals surface area contributed by atoms with E-state index in [0.29, 0.717) is 11.5 Å². The fourth-order valence-corrected chi connectivity index (χ4v) is 2.45. The Balaban J connectivity index is 1.81. The van der Waals surface area contributed by atoms with Gasteiger partial charge < -0.3 is 9.84 Å². The molecule has 112 valence electrons. The summed E-state index contributed by atoms with van der Waals surface area (Å²) in [6, 6.07) is 7.71. The first kappa shape index (κ1) is 14.3. The van der Waals surface area contributed by atoms with Crippen LogP contribution in [-0.2, 0) is 11.2 Å². The number of carbonyl (C=O) groups excluding carboxylic acids is 1. The normalized spacial score (nSPS) is 10.9. The Hall–Kier alpha value is -2.69. The van der Waals surface area contributed by atoms with Crippen LogP contribution >= 0.6 is 0 Å². The second-order valence-electron chi connectivity index (χ2n) is 5.53. The molecule has 1 aromatic carbocycles. The van der Waals surface area contributed by atoms with Crippen molar-refractivity contribution in [2.45, 2.75) is 27.2 Å². The number of benzene rings is 1. The Morgan fingerprint density at radius 3 is 2.73 bits per heavy atom. The lowest BCUT2D eigenvalue weighted by Crippen LogP contribution is -2.15. The largest absolute Gasteiger partial charge is 0.356 e. The number of carbonyl (C=O) groups is 1. The lowest BCUT2D eigenvalue weighted by molar-refractivity contribution is -0.115. The van der Waals surface area contributed by atoms with Gasteiger partial charge >= 0.3 is 0 Å². The third kappa shape index (κ3) is 2.83. The molecule has 0 spiro atoms. The third-order valence-corrected chi connectivity index (χ3v) is 3.48. The van der Waals surface area contributed by atoms with Gasteiger partial charge in [0.05, 0.1) is 6.42 Å². The van der Waals surface area contributed by atoms with Crippen molar-refractivity contribution >= 4 is 22.7 Å². The topological polar surface area (TPSA) is 68.0 Å². The standard InChI is InChI=1S/C17H17N3O2/c1-10-4-5-15(18-9-10)19-16(21)8-14-13-7-11(2)6-12(3)17(13)22-20-14/h4-7,9H,8H2,1-3H3,(H,18,19,21). The van der Waals surface area contributed by atoms with Gasteiger partial charge in [-0.15, -0.1) is 0 Å². The number of hydrogen-bond acceptors (Lipinski definition) is 4. The van der Waals surface area contributed by atoms with E-state index in [1.165, 1.54) is 0 Å². The number of amides is 1. The monoisotopic (exact) mass is 295 g/mol. The molecule has 1 N–H and O–H groups in total. The minimum atomic E-state index is -0.161. The van der Waals surface area contributed by atoms with E-state index in [2.05, 4.69) is 15.5 Å². The zero-order valence-electron chi connectivity index (χ0n) is 12.8. The molecular formula is C17H17N3O2.